The monoisotopic (exact) mass is 698 g/mol. The quantitative estimate of drug-likeness (QED) is 0.202. The molecule has 2 aromatic rings. The lowest BCUT2D eigenvalue weighted by Gasteiger charge is -2.35. The van der Waals surface area contributed by atoms with Gasteiger partial charge in [0.2, 0.25) is 11.8 Å². The summed E-state index contributed by atoms with van der Waals surface area (Å²) in [5, 5.41) is 12.2. The van der Waals surface area contributed by atoms with Gasteiger partial charge in [-0.1, -0.05) is 67.5 Å². The standard InChI is InChI=1S/C40H50N4O7/c1-3-42(4-2)29-19-21-30(22-20-29)43-25-14-23-40-35(37(47)44(36(40)38(43)48)24-12-5-6-13-26-45)34-31(51-40)17-10-11-18-33(46)41-27-32(50-39(34)49)28-15-8-7-9-16-28/h7-10,14-17,19-23,31-32,34-36,45H,3-6,11-13,18,24-27H2,1-2H3,(H,41,46)/b17-10-/t31-,32+,34+,35+,36-,40+/m0/s1. The summed E-state index contributed by atoms with van der Waals surface area (Å²) in [6.07, 6.45) is 9.17. The number of ether oxygens (including phenoxy) is 2. The number of cyclic esters (lactones) is 1. The van der Waals surface area contributed by atoms with E-state index in [1.807, 2.05) is 72.8 Å². The van der Waals surface area contributed by atoms with E-state index in [4.69, 9.17) is 9.47 Å². The van der Waals surface area contributed by atoms with E-state index in [1.165, 1.54) is 0 Å². The molecule has 4 heterocycles. The van der Waals surface area contributed by atoms with Crippen LogP contribution >= 0.6 is 0 Å². The number of esters is 1. The van der Waals surface area contributed by atoms with Gasteiger partial charge < -0.3 is 34.6 Å². The van der Waals surface area contributed by atoms with Crippen molar-refractivity contribution in [2.45, 2.75) is 76.2 Å². The van der Waals surface area contributed by atoms with Crippen molar-refractivity contribution in [1.82, 2.24) is 10.2 Å². The summed E-state index contributed by atoms with van der Waals surface area (Å²) in [6, 6.07) is 16.1. The summed E-state index contributed by atoms with van der Waals surface area (Å²) in [6.45, 7) is 6.69. The largest absolute Gasteiger partial charge is 0.455 e. The van der Waals surface area contributed by atoms with Gasteiger partial charge >= 0.3 is 5.97 Å². The Labute approximate surface area is 300 Å². The summed E-state index contributed by atoms with van der Waals surface area (Å²) in [5.41, 5.74) is 1.08. The van der Waals surface area contributed by atoms with Gasteiger partial charge in [-0.25, -0.2) is 0 Å². The molecule has 3 amide bonds. The van der Waals surface area contributed by atoms with Crippen molar-refractivity contribution in [2.24, 2.45) is 11.8 Å². The molecule has 1 spiro atoms. The summed E-state index contributed by atoms with van der Waals surface area (Å²) < 4.78 is 13.0. The zero-order valence-electron chi connectivity index (χ0n) is 29.6. The number of carbonyl (C=O) groups excluding carboxylic acids is 4. The molecule has 0 aromatic heterocycles. The average molecular weight is 699 g/mol. The third kappa shape index (κ3) is 7.32. The first-order valence-corrected chi connectivity index (χ1v) is 18.4. The number of allylic oxidation sites excluding steroid dienone is 1. The number of benzene rings is 2. The molecule has 0 bridgehead atoms. The maximum atomic E-state index is 14.9. The molecule has 2 saturated heterocycles. The minimum atomic E-state index is -1.41. The highest BCUT2D eigenvalue weighted by molar-refractivity contribution is 6.05. The normalized spacial score (nSPS) is 28.5. The Hall–Kier alpha value is -4.48. The highest BCUT2D eigenvalue weighted by Gasteiger charge is 2.71. The summed E-state index contributed by atoms with van der Waals surface area (Å²) in [5.74, 6) is -3.37. The van der Waals surface area contributed by atoms with Crippen molar-refractivity contribution in [1.29, 1.82) is 0 Å². The summed E-state index contributed by atoms with van der Waals surface area (Å²) >= 11 is 0. The molecule has 272 valence electrons. The topological polar surface area (TPSA) is 129 Å². The Bertz CT molecular complexity index is 1610. The van der Waals surface area contributed by atoms with Crippen LogP contribution in [-0.2, 0) is 28.7 Å². The molecule has 2 fully saturated rings. The lowest BCUT2D eigenvalue weighted by Crippen LogP contribution is -2.55. The Kier molecular flexibility index (Phi) is 11.6. The molecule has 11 heteroatoms. The zero-order valence-corrected chi connectivity index (χ0v) is 29.6. The van der Waals surface area contributed by atoms with Crippen LogP contribution in [0.25, 0.3) is 0 Å². The van der Waals surface area contributed by atoms with Crippen molar-refractivity contribution in [3.8, 4) is 0 Å². The number of anilines is 2. The van der Waals surface area contributed by atoms with Crippen molar-refractivity contribution in [2.75, 3.05) is 49.1 Å². The average Bonchev–Trinajstić information content (AvgIpc) is 3.52. The van der Waals surface area contributed by atoms with Crippen molar-refractivity contribution in [3.05, 3.63) is 84.5 Å². The molecular formula is C40H50N4O7. The van der Waals surface area contributed by atoms with Crippen LogP contribution in [0.1, 0.15) is 64.0 Å². The molecule has 4 aliphatic heterocycles. The number of fused-ring (bicyclic) bond motifs is 2. The molecule has 0 radical (unpaired) electrons. The number of aliphatic hydroxyl groups excluding tert-OH is 1. The molecular weight excluding hydrogens is 648 g/mol. The number of carbonyl (C=O) groups is 4. The Balaban J connectivity index is 1.38. The van der Waals surface area contributed by atoms with Crippen LogP contribution in [0.3, 0.4) is 0 Å². The van der Waals surface area contributed by atoms with Gasteiger partial charge in [0.25, 0.3) is 5.91 Å². The van der Waals surface area contributed by atoms with E-state index in [0.29, 0.717) is 31.5 Å². The fraction of sp³-hybridized carbons (Fsp3) is 0.500. The lowest BCUT2D eigenvalue weighted by molar-refractivity contribution is -0.159. The molecule has 6 rings (SSSR count). The number of hydrogen-bond donors (Lipinski definition) is 2. The number of nitrogens with zero attached hydrogens (tertiary/aromatic N) is 3. The van der Waals surface area contributed by atoms with Crippen molar-refractivity contribution >= 4 is 35.1 Å². The van der Waals surface area contributed by atoms with E-state index in [0.717, 1.165) is 37.2 Å². The maximum Gasteiger partial charge on any atom is 0.313 e. The molecule has 0 aliphatic carbocycles. The Morgan fingerprint density at radius 3 is 2.39 bits per heavy atom. The second-order valence-corrected chi connectivity index (χ2v) is 13.7. The predicted molar refractivity (Wildman–Crippen MR) is 194 cm³/mol. The van der Waals surface area contributed by atoms with Gasteiger partial charge in [0, 0.05) is 50.6 Å². The summed E-state index contributed by atoms with van der Waals surface area (Å²) in [7, 11) is 0. The van der Waals surface area contributed by atoms with Gasteiger partial charge in [0.05, 0.1) is 18.6 Å². The van der Waals surface area contributed by atoms with Gasteiger partial charge in [0.15, 0.2) is 0 Å². The SMILES string of the molecule is CCN(CC)c1ccc(N2CC=C[C@@]34O[C@H]5/C=C\CCC(=O)NC[C@H](c6ccccc6)OC(=O)[C@H]5[C@@H]3C(=O)N(CCCCCCO)[C@H]4C2=O)cc1. The number of nitrogens with one attached hydrogen (secondary N) is 1. The van der Waals surface area contributed by atoms with Crippen LogP contribution in [0.5, 0.6) is 0 Å². The van der Waals surface area contributed by atoms with Crippen LogP contribution in [-0.4, -0.2) is 90.8 Å². The van der Waals surface area contributed by atoms with Crippen molar-refractivity contribution < 1.29 is 33.8 Å². The highest BCUT2D eigenvalue weighted by atomic mass is 16.6. The third-order valence-corrected chi connectivity index (χ3v) is 10.6. The van der Waals surface area contributed by atoms with E-state index in [1.54, 1.807) is 15.9 Å². The molecule has 2 aromatic carbocycles. The fourth-order valence-electron chi connectivity index (χ4n) is 8.06. The molecule has 0 unspecified atom stereocenters. The number of aliphatic hydroxyl groups is 1. The molecule has 4 aliphatic rings. The first-order valence-electron chi connectivity index (χ1n) is 18.4. The first-order chi connectivity index (χ1) is 24.8. The minimum Gasteiger partial charge on any atom is -0.455 e. The Morgan fingerprint density at radius 1 is 0.922 bits per heavy atom. The smallest absolute Gasteiger partial charge is 0.313 e. The molecule has 2 N–H and O–H groups in total. The fourth-order valence-corrected chi connectivity index (χ4v) is 8.06. The molecule has 11 nitrogen and oxygen atoms in total. The van der Waals surface area contributed by atoms with E-state index in [9.17, 15) is 24.3 Å². The maximum absolute atomic E-state index is 14.9. The van der Waals surface area contributed by atoms with E-state index in [2.05, 4.69) is 24.1 Å². The number of unbranched alkanes of at least 4 members (excludes halogenated alkanes) is 3. The second-order valence-electron chi connectivity index (χ2n) is 13.7. The summed E-state index contributed by atoms with van der Waals surface area (Å²) in [4.78, 5) is 62.2. The van der Waals surface area contributed by atoms with Gasteiger partial charge in [0.1, 0.15) is 23.7 Å². The second kappa shape index (κ2) is 16.2. The molecule has 51 heavy (non-hydrogen) atoms. The van der Waals surface area contributed by atoms with Gasteiger partial charge in [-0.2, -0.15) is 0 Å². The van der Waals surface area contributed by atoms with Gasteiger partial charge in [-0.3, -0.25) is 19.2 Å². The molecule has 0 saturated carbocycles. The number of rotatable bonds is 11. The van der Waals surface area contributed by atoms with Crippen LogP contribution < -0.4 is 15.1 Å². The van der Waals surface area contributed by atoms with Crippen LogP contribution in [0.2, 0.25) is 0 Å². The van der Waals surface area contributed by atoms with E-state index >= 15 is 0 Å². The van der Waals surface area contributed by atoms with Gasteiger partial charge in [-0.15, -0.1) is 0 Å². The molecule has 6 atom stereocenters. The van der Waals surface area contributed by atoms with Crippen LogP contribution in [0.4, 0.5) is 11.4 Å². The lowest BCUT2D eigenvalue weighted by atomic mass is 9.78. The Morgan fingerprint density at radius 2 is 1.67 bits per heavy atom. The van der Waals surface area contributed by atoms with Crippen LogP contribution in [0, 0.1) is 11.8 Å². The minimum absolute atomic E-state index is 0.0866. The number of likely N-dealkylation sites (tertiary alicyclic amines) is 1. The highest BCUT2D eigenvalue weighted by Crippen LogP contribution is 2.53. The predicted octanol–water partition coefficient (Wildman–Crippen LogP) is 4.32. The van der Waals surface area contributed by atoms with E-state index in [-0.39, 0.29) is 43.8 Å². The third-order valence-electron chi connectivity index (χ3n) is 10.6. The van der Waals surface area contributed by atoms with Crippen molar-refractivity contribution in [3.63, 3.8) is 0 Å². The number of hydrogen-bond acceptors (Lipinski definition) is 8. The zero-order chi connectivity index (χ0) is 36.0. The van der Waals surface area contributed by atoms with E-state index < -0.39 is 41.7 Å². The van der Waals surface area contributed by atoms with Gasteiger partial charge in [-0.05, 0) is 62.9 Å². The van der Waals surface area contributed by atoms with Crippen LogP contribution in [0.15, 0.2) is 78.9 Å². The number of amides is 3. The first kappa shape index (κ1) is 36.3.